The van der Waals surface area contributed by atoms with Crippen molar-refractivity contribution in [2.45, 2.75) is 63.6 Å². The molecule has 2 rings (SSSR count). The molecule has 0 aromatic rings. The first-order valence-corrected chi connectivity index (χ1v) is 6.18. The zero-order chi connectivity index (χ0) is 10.0. The van der Waals surface area contributed by atoms with E-state index in [0.717, 1.165) is 18.9 Å². The molecule has 0 radical (unpaired) electrons. The van der Waals surface area contributed by atoms with Crippen LogP contribution in [-0.4, -0.2) is 18.2 Å². The van der Waals surface area contributed by atoms with Gasteiger partial charge in [0.1, 0.15) is 0 Å². The minimum absolute atomic E-state index is 0.272. The highest BCUT2D eigenvalue weighted by molar-refractivity contribution is 4.98. The Balaban J connectivity index is 1.97. The van der Waals surface area contributed by atoms with Crippen LogP contribution < -0.4 is 5.73 Å². The van der Waals surface area contributed by atoms with Crippen LogP contribution in [0.5, 0.6) is 0 Å². The molecule has 82 valence electrons. The summed E-state index contributed by atoms with van der Waals surface area (Å²) in [5.74, 6) is 0.824. The van der Waals surface area contributed by atoms with Gasteiger partial charge in [-0.15, -0.1) is 0 Å². The first-order valence-electron chi connectivity index (χ1n) is 6.18. The number of hydrogen-bond donors (Lipinski definition) is 1. The molecule has 1 spiro atoms. The largest absolute Gasteiger partial charge is 0.371 e. The molecule has 2 nitrogen and oxygen atoms in total. The Hall–Kier alpha value is -0.0800. The quantitative estimate of drug-likeness (QED) is 0.754. The van der Waals surface area contributed by atoms with Gasteiger partial charge < -0.3 is 10.5 Å². The topological polar surface area (TPSA) is 35.2 Å². The first kappa shape index (κ1) is 10.4. The summed E-state index contributed by atoms with van der Waals surface area (Å²) in [7, 11) is 0. The Morgan fingerprint density at radius 3 is 2.93 bits per heavy atom. The Labute approximate surface area is 87.2 Å². The van der Waals surface area contributed by atoms with Crippen LogP contribution in [0.4, 0.5) is 0 Å². The van der Waals surface area contributed by atoms with Gasteiger partial charge in [-0.1, -0.05) is 19.8 Å². The van der Waals surface area contributed by atoms with Crippen LogP contribution in [0.15, 0.2) is 0 Å². The third-order valence-electron chi connectivity index (χ3n) is 4.17. The van der Waals surface area contributed by atoms with Crippen LogP contribution >= 0.6 is 0 Å². The van der Waals surface area contributed by atoms with Gasteiger partial charge >= 0.3 is 0 Å². The van der Waals surface area contributed by atoms with Gasteiger partial charge in [-0.2, -0.15) is 0 Å². The maximum absolute atomic E-state index is 6.27. The van der Waals surface area contributed by atoms with Crippen LogP contribution in [0, 0.1) is 5.92 Å². The fourth-order valence-corrected chi connectivity index (χ4v) is 3.42. The van der Waals surface area contributed by atoms with Gasteiger partial charge in [0, 0.05) is 0 Å². The van der Waals surface area contributed by atoms with Crippen LogP contribution in [0.25, 0.3) is 0 Å². The van der Waals surface area contributed by atoms with Crippen molar-refractivity contribution in [2.24, 2.45) is 11.7 Å². The Morgan fingerprint density at radius 2 is 2.21 bits per heavy atom. The second-order valence-corrected chi connectivity index (χ2v) is 4.92. The van der Waals surface area contributed by atoms with Crippen LogP contribution in [0.3, 0.4) is 0 Å². The molecule has 3 atom stereocenters. The summed E-state index contributed by atoms with van der Waals surface area (Å²) in [4.78, 5) is 0. The van der Waals surface area contributed by atoms with E-state index in [1.54, 1.807) is 0 Å². The second-order valence-electron chi connectivity index (χ2n) is 4.92. The molecule has 2 N–H and O–H groups in total. The second kappa shape index (κ2) is 4.19. The highest BCUT2D eigenvalue weighted by Gasteiger charge is 2.47. The summed E-state index contributed by atoms with van der Waals surface area (Å²) < 4.78 is 6.27. The number of nitrogens with two attached hydrogens (primary N) is 1. The van der Waals surface area contributed by atoms with Crippen molar-refractivity contribution in [2.75, 3.05) is 6.54 Å². The third kappa shape index (κ3) is 1.70. The predicted octanol–water partition coefficient (Wildman–Crippen LogP) is 2.46. The molecule has 2 aliphatic rings. The minimum atomic E-state index is 0.272. The fraction of sp³-hybridized carbons (Fsp3) is 1.00. The van der Waals surface area contributed by atoms with E-state index < -0.39 is 0 Å². The number of rotatable bonds is 3. The Bertz CT molecular complexity index is 195. The number of ether oxygens (including phenoxy) is 1. The van der Waals surface area contributed by atoms with Gasteiger partial charge in [0.2, 0.25) is 0 Å². The summed E-state index contributed by atoms with van der Waals surface area (Å²) in [5, 5.41) is 0. The average molecular weight is 197 g/mol. The molecule has 3 unspecified atom stereocenters. The normalized spacial score (nSPS) is 42.4. The van der Waals surface area contributed by atoms with Crippen molar-refractivity contribution >= 4 is 0 Å². The highest BCUT2D eigenvalue weighted by Crippen LogP contribution is 2.48. The van der Waals surface area contributed by atoms with Crippen LogP contribution in [-0.2, 0) is 4.74 Å². The molecular weight excluding hydrogens is 174 g/mol. The highest BCUT2D eigenvalue weighted by atomic mass is 16.5. The zero-order valence-electron chi connectivity index (χ0n) is 9.30. The first-order chi connectivity index (χ1) is 6.80. The molecule has 1 heterocycles. The average Bonchev–Trinajstić information content (AvgIpc) is 2.76. The monoisotopic (exact) mass is 197 g/mol. The van der Waals surface area contributed by atoms with Crippen molar-refractivity contribution in [3.63, 3.8) is 0 Å². The number of hydrogen-bond acceptors (Lipinski definition) is 2. The fourth-order valence-electron chi connectivity index (χ4n) is 3.42. The molecule has 0 amide bonds. The maximum atomic E-state index is 6.27. The van der Waals surface area contributed by atoms with E-state index in [1.165, 1.54) is 38.5 Å². The van der Waals surface area contributed by atoms with Gasteiger partial charge in [-0.3, -0.25) is 0 Å². The minimum Gasteiger partial charge on any atom is -0.371 e. The van der Waals surface area contributed by atoms with E-state index in [0.29, 0.717) is 6.10 Å². The van der Waals surface area contributed by atoms with Crippen molar-refractivity contribution in [1.82, 2.24) is 0 Å². The van der Waals surface area contributed by atoms with Gasteiger partial charge in [0.25, 0.3) is 0 Å². The van der Waals surface area contributed by atoms with Crippen molar-refractivity contribution in [3.8, 4) is 0 Å². The summed E-state index contributed by atoms with van der Waals surface area (Å²) in [5.41, 5.74) is 5.86. The Morgan fingerprint density at radius 1 is 1.36 bits per heavy atom. The van der Waals surface area contributed by atoms with Gasteiger partial charge in [0.05, 0.1) is 11.7 Å². The zero-order valence-corrected chi connectivity index (χ0v) is 9.30. The molecule has 1 aliphatic carbocycles. The molecule has 2 fully saturated rings. The van der Waals surface area contributed by atoms with Crippen molar-refractivity contribution in [1.29, 1.82) is 0 Å². The van der Waals surface area contributed by atoms with Crippen LogP contribution in [0.1, 0.15) is 51.9 Å². The lowest BCUT2D eigenvalue weighted by Gasteiger charge is -2.31. The molecule has 0 bridgehead atoms. The summed E-state index contributed by atoms with van der Waals surface area (Å²) in [6, 6.07) is 0. The summed E-state index contributed by atoms with van der Waals surface area (Å²) in [6.07, 6.45) is 9.39. The van der Waals surface area contributed by atoms with E-state index in [-0.39, 0.29) is 5.60 Å². The molecule has 0 aromatic carbocycles. The van der Waals surface area contributed by atoms with Gasteiger partial charge in [-0.05, 0) is 44.6 Å². The van der Waals surface area contributed by atoms with E-state index in [2.05, 4.69) is 6.92 Å². The van der Waals surface area contributed by atoms with Crippen LogP contribution in [0.2, 0.25) is 0 Å². The van der Waals surface area contributed by atoms with E-state index in [1.807, 2.05) is 0 Å². The Kier molecular flexibility index (Phi) is 3.13. The lowest BCUT2D eigenvalue weighted by molar-refractivity contribution is -0.0678. The lowest BCUT2D eigenvalue weighted by atomic mass is 9.86. The molecule has 1 saturated heterocycles. The standard InChI is InChI=1S/C12H23NO/c1-2-10-4-3-7-12(10)8-5-11(14-12)6-9-13/h10-11H,2-9,13H2,1H3. The molecule has 0 aromatic heterocycles. The molecule has 2 heteroatoms. The molecular formula is C12H23NO. The SMILES string of the molecule is CCC1CCCC12CCC(CCN)O2. The predicted molar refractivity (Wildman–Crippen MR) is 58.1 cm³/mol. The molecule has 14 heavy (non-hydrogen) atoms. The lowest BCUT2D eigenvalue weighted by Crippen LogP contribution is -2.33. The van der Waals surface area contributed by atoms with E-state index in [9.17, 15) is 0 Å². The van der Waals surface area contributed by atoms with E-state index >= 15 is 0 Å². The van der Waals surface area contributed by atoms with Crippen molar-refractivity contribution in [3.05, 3.63) is 0 Å². The molecule has 1 saturated carbocycles. The summed E-state index contributed by atoms with van der Waals surface area (Å²) >= 11 is 0. The van der Waals surface area contributed by atoms with E-state index in [4.69, 9.17) is 10.5 Å². The van der Waals surface area contributed by atoms with Gasteiger partial charge in [-0.25, -0.2) is 0 Å². The van der Waals surface area contributed by atoms with Crippen molar-refractivity contribution < 1.29 is 4.74 Å². The maximum Gasteiger partial charge on any atom is 0.0715 e. The third-order valence-corrected chi connectivity index (χ3v) is 4.17. The smallest absolute Gasteiger partial charge is 0.0715 e. The molecule has 1 aliphatic heterocycles. The summed E-state index contributed by atoms with van der Waals surface area (Å²) in [6.45, 7) is 3.08. The van der Waals surface area contributed by atoms with Gasteiger partial charge in [0.15, 0.2) is 0 Å².